The van der Waals surface area contributed by atoms with Crippen LogP contribution >= 0.6 is 0 Å². The maximum Gasteiger partial charge on any atom is 0.411 e. The first kappa shape index (κ1) is 23.2. The first-order valence-corrected chi connectivity index (χ1v) is 10.1. The topological polar surface area (TPSA) is 68.3 Å². The van der Waals surface area contributed by atoms with Gasteiger partial charge in [-0.3, -0.25) is 9.69 Å². The van der Waals surface area contributed by atoms with Gasteiger partial charge in [-0.05, 0) is 39.7 Å². The lowest BCUT2D eigenvalue weighted by molar-refractivity contribution is -0.145. The van der Waals surface area contributed by atoms with Gasteiger partial charge in [0.25, 0.3) is 0 Å². The molecule has 0 saturated carbocycles. The fraction of sp³-hybridized carbons (Fsp3) is 0.636. The van der Waals surface area contributed by atoms with Crippen LogP contribution in [-0.2, 0) is 25.6 Å². The van der Waals surface area contributed by atoms with E-state index in [-0.39, 0.29) is 11.9 Å². The molecule has 162 valence electrons. The molecule has 1 fully saturated rings. The number of nitrogens with zero attached hydrogens (tertiary/aromatic N) is 2. The summed E-state index contributed by atoms with van der Waals surface area (Å²) in [4.78, 5) is 28.7. The molecular weight excluding hydrogens is 372 g/mol. The van der Waals surface area contributed by atoms with Gasteiger partial charge in [0.2, 0.25) is 5.91 Å². The Morgan fingerprint density at radius 2 is 1.90 bits per heavy atom. The van der Waals surface area contributed by atoms with E-state index in [0.717, 1.165) is 5.56 Å². The summed E-state index contributed by atoms with van der Waals surface area (Å²) in [6.45, 7) is 9.58. The van der Waals surface area contributed by atoms with Crippen LogP contribution < -0.4 is 0 Å². The summed E-state index contributed by atoms with van der Waals surface area (Å²) in [6, 6.07) is 9.32. The zero-order valence-electron chi connectivity index (χ0n) is 18.2. The minimum atomic E-state index is -0.592. The molecule has 0 N–H and O–H groups in total. The van der Waals surface area contributed by atoms with E-state index in [1.54, 1.807) is 18.9 Å². The van der Waals surface area contributed by atoms with E-state index in [1.165, 1.54) is 4.90 Å². The first-order valence-electron chi connectivity index (χ1n) is 10.1. The molecule has 0 bridgehead atoms. The monoisotopic (exact) mass is 406 g/mol. The van der Waals surface area contributed by atoms with Crippen molar-refractivity contribution in [3.8, 4) is 0 Å². The highest BCUT2D eigenvalue weighted by atomic mass is 16.6. The van der Waals surface area contributed by atoms with Gasteiger partial charge < -0.3 is 19.1 Å². The molecule has 1 saturated heterocycles. The Labute approximate surface area is 173 Å². The Morgan fingerprint density at radius 3 is 2.52 bits per heavy atom. The second-order valence-corrected chi connectivity index (χ2v) is 8.32. The molecule has 1 aromatic rings. The number of carbonyl (C=O) groups is 2. The van der Waals surface area contributed by atoms with Crippen molar-refractivity contribution in [3.05, 3.63) is 35.9 Å². The van der Waals surface area contributed by atoms with Gasteiger partial charge in [-0.15, -0.1) is 0 Å². The molecule has 1 aromatic carbocycles. The number of amides is 2. The van der Waals surface area contributed by atoms with Crippen LogP contribution in [0, 0.1) is 0 Å². The Hall–Kier alpha value is -2.12. The smallest absolute Gasteiger partial charge is 0.411 e. The summed E-state index contributed by atoms with van der Waals surface area (Å²) < 4.78 is 16.6. The molecule has 1 aliphatic rings. The maximum absolute atomic E-state index is 13.0. The minimum absolute atomic E-state index is 0.0905. The first-order chi connectivity index (χ1) is 13.7. The van der Waals surface area contributed by atoms with E-state index in [9.17, 15) is 9.59 Å². The SMILES string of the molecule is COC[C@H](CCOCc1ccccc1)N1CCN(C(=O)OC(C)(C)C)[C@@H](C)C1=O. The number of hydrogen-bond donors (Lipinski definition) is 0. The number of carbonyl (C=O) groups excluding carboxylic acids is 2. The fourth-order valence-corrected chi connectivity index (χ4v) is 3.33. The molecule has 0 unspecified atom stereocenters. The summed E-state index contributed by atoms with van der Waals surface area (Å²) >= 11 is 0. The summed E-state index contributed by atoms with van der Waals surface area (Å²) in [5.41, 5.74) is 0.525. The third-order valence-corrected chi connectivity index (χ3v) is 4.82. The Morgan fingerprint density at radius 1 is 1.21 bits per heavy atom. The van der Waals surface area contributed by atoms with Crippen molar-refractivity contribution < 1.29 is 23.8 Å². The van der Waals surface area contributed by atoms with E-state index in [1.807, 2.05) is 51.1 Å². The number of hydrogen-bond acceptors (Lipinski definition) is 5. The van der Waals surface area contributed by atoms with Crippen molar-refractivity contribution in [1.82, 2.24) is 9.80 Å². The van der Waals surface area contributed by atoms with Crippen LogP contribution in [0.1, 0.15) is 39.7 Å². The molecule has 1 heterocycles. The predicted molar refractivity (Wildman–Crippen MR) is 110 cm³/mol. The lowest BCUT2D eigenvalue weighted by Gasteiger charge is -2.42. The normalized spacial score (nSPS) is 18.7. The average molecular weight is 407 g/mol. The van der Waals surface area contributed by atoms with E-state index in [2.05, 4.69) is 0 Å². The van der Waals surface area contributed by atoms with Crippen LogP contribution in [0.25, 0.3) is 0 Å². The van der Waals surface area contributed by atoms with Crippen molar-refractivity contribution in [2.75, 3.05) is 33.4 Å². The van der Waals surface area contributed by atoms with Gasteiger partial charge in [0.05, 0.1) is 19.3 Å². The van der Waals surface area contributed by atoms with Gasteiger partial charge >= 0.3 is 6.09 Å². The number of methoxy groups -OCH3 is 1. The Balaban J connectivity index is 1.90. The highest BCUT2D eigenvalue weighted by Crippen LogP contribution is 2.19. The lowest BCUT2D eigenvalue weighted by Crippen LogP contribution is -2.61. The van der Waals surface area contributed by atoms with Gasteiger partial charge in [0, 0.05) is 26.8 Å². The van der Waals surface area contributed by atoms with E-state index < -0.39 is 17.7 Å². The van der Waals surface area contributed by atoms with Gasteiger partial charge in [0.1, 0.15) is 11.6 Å². The van der Waals surface area contributed by atoms with Crippen molar-refractivity contribution in [2.24, 2.45) is 0 Å². The Kier molecular flexibility index (Phi) is 8.46. The van der Waals surface area contributed by atoms with E-state index in [0.29, 0.717) is 39.3 Å². The van der Waals surface area contributed by atoms with Crippen LogP contribution in [0.4, 0.5) is 4.79 Å². The van der Waals surface area contributed by atoms with Gasteiger partial charge in [-0.25, -0.2) is 4.79 Å². The summed E-state index contributed by atoms with van der Waals surface area (Å²) in [7, 11) is 1.63. The van der Waals surface area contributed by atoms with Crippen LogP contribution in [0.2, 0.25) is 0 Å². The summed E-state index contributed by atoms with van der Waals surface area (Å²) in [6.07, 6.45) is 0.221. The minimum Gasteiger partial charge on any atom is -0.444 e. The van der Waals surface area contributed by atoms with E-state index in [4.69, 9.17) is 14.2 Å². The second kappa shape index (κ2) is 10.6. The van der Waals surface area contributed by atoms with Crippen LogP contribution in [0.3, 0.4) is 0 Å². The van der Waals surface area contributed by atoms with Gasteiger partial charge in [-0.2, -0.15) is 0 Å². The maximum atomic E-state index is 13.0. The van der Waals surface area contributed by atoms with Gasteiger partial charge in [0.15, 0.2) is 0 Å². The third kappa shape index (κ3) is 7.01. The van der Waals surface area contributed by atoms with Crippen LogP contribution in [-0.4, -0.2) is 72.9 Å². The second-order valence-electron chi connectivity index (χ2n) is 8.32. The molecular formula is C22H34N2O5. The van der Waals surface area contributed by atoms with Crippen molar-refractivity contribution in [1.29, 1.82) is 0 Å². The Bertz CT molecular complexity index is 659. The highest BCUT2D eigenvalue weighted by molar-refractivity contribution is 5.86. The number of benzene rings is 1. The molecule has 0 aliphatic carbocycles. The molecule has 2 atom stereocenters. The molecule has 0 radical (unpaired) electrons. The molecule has 2 rings (SSSR count). The lowest BCUT2D eigenvalue weighted by atomic mass is 10.1. The molecule has 7 nitrogen and oxygen atoms in total. The number of rotatable bonds is 8. The van der Waals surface area contributed by atoms with Crippen molar-refractivity contribution in [2.45, 2.75) is 58.4 Å². The zero-order valence-corrected chi connectivity index (χ0v) is 18.2. The number of piperazine rings is 1. The predicted octanol–water partition coefficient (Wildman–Crippen LogP) is 3.08. The fourth-order valence-electron chi connectivity index (χ4n) is 3.33. The number of ether oxygens (including phenoxy) is 3. The third-order valence-electron chi connectivity index (χ3n) is 4.82. The van der Waals surface area contributed by atoms with Crippen LogP contribution in [0.5, 0.6) is 0 Å². The summed E-state index contributed by atoms with van der Waals surface area (Å²) in [5, 5.41) is 0. The van der Waals surface area contributed by atoms with Crippen LogP contribution in [0.15, 0.2) is 30.3 Å². The molecule has 2 amide bonds. The quantitative estimate of drug-likeness (QED) is 0.621. The van der Waals surface area contributed by atoms with Crippen molar-refractivity contribution in [3.63, 3.8) is 0 Å². The molecule has 0 spiro atoms. The van der Waals surface area contributed by atoms with Gasteiger partial charge in [-0.1, -0.05) is 30.3 Å². The molecule has 0 aromatic heterocycles. The molecule has 1 aliphatic heterocycles. The molecule has 7 heteroatoms. The zero-order chi connectivity index (χ0) is 21.4. The molecule has 29 heavy (non-hydrogen) atoms. The largest absolute Gasteiger partial charge is 0.444 e. The highest BCUT2D eigenvalue weighted by Gasteiger charge is 2.39. The average Bonchev–Trinajstić information content (AvgIpc) is 2.66. The summed E-state index contributed by atoms with van der Waals surface area (Å²) in [5.74, 6) is -0.0905. The van der Waals surface area contributed by atoms with Crippen molar-refractivity contribution >= 4 is 12.0 Å². The van der Waals surface area contributed by atoms with E-state index >= 15 is 0 Å². The standard InChI is InChI=1S/C22H34N2O5/c1-17-20(25)24(13-12-23(17)21(26)29-22(2,3)4)19(16-27-5)11-14-28-15-18-9-7-6-8-10-18/h6-10,17,19H,11-16H2,1-5H3/t17-,19-/m0/s1.